The maximum absolute atomic E-state index is 12.9. The number of carbonyl (C=O) groups excluding carboxylic acids is 1. The lowest BCUT2D eigenvalue weighted by Gasteiger charge is -2.06. The van der Waals surface area contributed by atoms with Gasteiger partial charge in [0, 0.05) is 24.2 Å². The van der Waals surface area contributed by atoms with Gasteiger partial charge < -0.3 is 4.57 Å². The predicted molar refractivity (Wildman–Crippen MR) is 99.1 cm³/mol. The molecule has 5 nitrogen and oxygen atoms in total. The van der Waals surface area contributed by atoms with Gasteiger partial charge in [0.2, 0.25) is 0 Å². The minimum atomic E-state index is -0.187. The largest absolute Gasteiger partial charge is 0.348 e. The molecular formula is C19H15N3O2S. The number of thiophene rings is 1. The fourth-order valence-corrected chi connectivity index (χ4v) is 3.80. The van der Waals surface area contributed by atoms with Crippen LogP contribution in [0.1, 0.15) is 10.5 Å². The highest BCUT2D eigenvalue weighted by atomic mass is 32.1. The Labute approximate surface area is 147 Å². The van der Waals surface area contributed by atoms with Gasteiger partial charge in [0.05, 0.1) is 24.0 Å². The molecule has 4 aromatic rings. The standard InChI is InChI=1S/C19H15N3O2S/c1-21-9-5-8-15(21)16(23)10-22-12-20-18-17(19(22)24)14(11-25-18)13-6-3-2-4-7-13/h2-9,11-12H,10H2,1H3. The van der Waals surface area contributed by atoms with Crippen LogP contribution < -0.4 is 5.56 Å². The second kappa shape index (κ2) is 6.14. The van der Waals surface area contributed by atoms with Crippen molar-refractivity contribution in [1.82, 2.24) is 14.1 Å². The third kappa shape index (κ3) is 2.70. The second-order valence-electron chi connectivity index (χ2n) is 5.80. The first-order valence-electron chi connectivity index (χ1n) is 7.82. The van der Waals surface area contributed by atoms with E-state index in [1.54, 1.807) is 10.6 Å². The minimum Gasteiger partial charge on any atom is -0.348 e. The molecule has 124 valence electrons. The number of Topliss-reactive ketones (excluding diaryl/α,β-unsaturated/α-hetero) is 1. The molecule has 1 aromatic carbocycles. The Morgan fingerprint density at radius 2 is 1.96 bits per heavy atom. The van der Waals surface area contributed by atoms with E-state index in [1.165, 1.54) is 22.2 Å². The number of carbonyl (C=O) groups is 1. The molecule has 0 N–H and O–H groups in total. The van der Waals surface area contributed by atoms with Gasteiger partial charge in [-0.05, 0) is 17.7 Å². The zero-order valence-electron chi connectivity index (χ0n) is 13.5. The van der Waals surface area contributed by atoms with E-state index < -0.39 is 0 Å². The fourth-order valence-electron chi connectivity index (χ4n) is 2.90. The molecule has 3 heterocycles. The fraction of sp³-hybridized carbons (Fsp3) is 0.105. The average molecular weight is 349 g/mol. The Morgan fingerprint density at radius 3 is 2.68 bits per heavy atom. The molecule has 0 saturated heterocycles. The van der Waals surface area contributed by atoms with Gasteiger partial charge in [-0.2, -0.15) is 0 Å². The number of nitrogens with zero attached hydrogens (tertiary/aromatic N) is 3. The highest BCUT2D eigenvalue weighted by Gasteiger charge is 2.16. The number of hydrogen-bond acceptors (Lipinski definition) is 4. The molecule has 0 radical (unpaired) electrons. The number of ketones is 1. The van der Waals surface area contributed by atoms with Gasteiger partial charge in [0.1, 0.15) is 4.83 Å². The molecule has 0 atom stereocenters. The molecule has 4 rings (SSSR count). The summed E-state index contributed by atoms with van der Waals surface area (Å²) in [5.41, 5.74) is 2.21. The van der Waals surface area contributed by atoms with E-state index in [0.717, 1.165) is 11.1 Å². The van der Waals surface area contributed by atoms with Gasteiger partial charge in [0.25, 0.3) is 5.56 Å². The number of fused-ring (bicyclic) bond motifs is 1. The Balaban J connectivity index is 1.79. The van der Waals surface area contributed by atoms with Crippen LogP contribution in [0.3, 0.4) is 0 Å². The van der Waals surface area contributed by atoms with E-state index in [-0.39, 0.29) is 17.9 Å². The lowest BCUT2D eigenvalue weighted by Crippen LogP contribution is -2.25. The highest BCUT2D eigenvalue weighted by Crippen LogP contribution is 2.30. The molecule has 0 aliphatic carbocycles. The van der Waals surface area contributed by atoms with E-state index in [1.807, 2.05) is 55.0 Å². The number of aromatic nitrogens is 3. The maximum Gasteiger partial charge on any atom is 0.263 e. The molecule has 0 aliphatic rings. The average Bonchev–Trinajstić information content (AvgIpc) is 3.24. The van der Waals surface area contributed by atoms with Crippen molar-refractivity contribution in [1.29, 1.82) is 0 Å². The van der Waals surface area contributed by atoms with Gasteiger partial charge in [-0.3, -0.25) is 14.2 Å². The first kappa shape index (κ1) is 15.5. The highest BCUT2D eigenvalue weighted by molar-refractivity contribution is 7.17. The van der Waals surface area contributed by atoms with Crippen molar-refractivity contribution in [2.45, 2.75) is 6.54 Å². The Kier molecular flexibility index (Phi) is 3.82. The van der Waals surface area contributed by atoms with Crippen molar-refractivity contribution < 1.29 is 4.79 Å². The van der Waals surface area contributed by atoms with Crippen LogP contribution >= 0.6 is 11.3 Å². The van der Waals surface area contributed by atoms with Crippen LogP contribution in [-0.2, 0) is 13.6 Å². The van der Waals surface area contributed by atoms with Crippen molar-refractivity contribution in [3.05, 3.63) is 76.4 Å². The van der Waals surface area contributed by atoms with E-state index in [2.05, 4.69) is 4.98 Å². The van der Waals surface area contributed by atoms with Crippen molar-refractivity contribution >= 4 is 27.3 Å². The molecule has 0 saturated carbocycles. The molecule has 0 bridgehead atoms. The van der Waals surface area contributed by atoms with Crippen molar-refractivity contribution in [3.63, 3.8) is 0 Å². The lowest BCUT2D eigenvalue weighted by molar-refractivity contribution is 0.0962. The van der Waals surface area contributed by atoms with Crippen LogP contribution in [0.2, 0.25) is 0 Å². The van der Waals surface area contributed by atoms with Crippen LogP contribution in [0.5, 0.6) is 0 Å². The van der Waals surface area contributed by atoms with E-state index in [0.29, 0.717) is 15.9 Å². The number of aryl methyl sites for hydroxylation is 1. The van der Waals surface area contributed by atoms with Crippen molar-refractivity contribution in [2.24, 2.45) is 7.05 Å². The molecule has 3 aromatic heterocycles. The zero-order valence-corrected chi connectivity index (χ0v) is 14.4. The Morgan fingerprint density at radius 1 is 1.16 bits per heavy atom. The topological polar surface area (TPSA) is 56.9 Å². The SMILES string of the molecule is Cn1cccc1C(=O)Cn1cnc2scc(-c3ccccc3)c2c1=O. The number of benzene rings is 1. The van der Waals surface area contributed by atoms with Crippen molar-refractivity contribution in [3.8, 4) is 11.1 Å². The summed E-state index contributed by atoms with van der Waals surface area (Å²) < 4.78 is 3.14. The summed E-state index contributed by atoms with van der Waals surface area (Å²) in [4.78, 5) is 30.5. The smallest absolute Gasteiger partial charge is 0.263 e. The summed E-state index contributed by atoms with van der Waals surface area (Å²) in [5, 5.41) is 2.51. The summed E-state index contributed by atoms with van der Waals surface area (Å²) in [6.07, 6.45) is 3.26. The number of hydrogen-bond donors (Lipinski definition) is 0. The van der Waals surface area contributed by atoms with E-state index in [4.69, 9.17) is 0 Å². The second-order valence-corrected chi connectivity index (χ2v) is 6.66. The number of rotatable bonds is 4. The molecule has 6 heteroatoms. The first-order valence-corrected chi connectivity index (χ1v) is 8.69. The molecule has 0 unspecified atom stereocenters. The van der Waals surface area contributed by atoms with Crippen LogP contribution in [0, 0.1) is 0 Å². The summed E-state index contributed by atoms with van der Waals surface area (Å²) in [5.74, 6) is -0.118. The summed E-state index contributed by atoms with van der Waals surface area (Å²) >= 11 is 1.44. The van der Waals surface area contributed by atoms with E-state index >= 15 is 0 Å². The van der Waals surface area contributed by atoms with E-state index in [9.17, 15) is 9.59 Å². The molecule has 0 spiro atoms. The van der Waals surface area contributed by atoms with Gasteiger partial charge in [-0.1, -0.05) is 30.3 Å². The molecular weight excluding hydrogens is 334 g/mol. The predicted octanol–water partition coefficient (Wildman–Crippen LogP) is 3.35. The van der Waals surface area contributed by atoms with Gasteiger partial charge in [-0.25, -0.2) is 4.98 Å². The summed E-state index contributed by atoms with van der Waals surface area (Å²) in [7, 11) is 1.81. The van der Waals surface area contributed by atoms with Gasteiger partial charge in [0.15, 0.2) is 5.78 Å². The van der Waals surface area contributed by atoms with Crippen LogP contribution in [0.15, 0.2) is 65.2 Å². The quantitative estimate of drug-likeness (QED) is 0.531. The molecule has 25 heavy (non-hydrogen) atoms. The third-order valence-electron chi connectivity index (χ3n) is 4.19. The maximum atomic E-state index is 12.9. The van der Waals surface area contributed by atoms with Crippen LogP contribution in [0.4, 0.5) is 0 Å². The third-order valence-corrected chi connectivity index (χ3v) is 5.08. The lowest BCUT2D eigenvalue weighted by atomic mass is 10.1. The Bertz CT molecular complexity index is 1120. The zero-order chi connectivity index (χ0) is 17.4. The first-order chi connectivity index (χ1) is 12.1. The molecule has 0 fully saturated rings. The monoisotopic (exact) mass is 349 g/mol. The minimum absolute atomic E-state index is 0.0241. The van der Waals surface area contributed by atoms with Crippen LogP contribution in [0.25, 0.3) is 21.3 Å². The van der Waals surface area contributed by atoms with Gasteiger partial charge >= 0.3 is 0 Å². The van der Waals surface area contributed by atoms with Crippen molar-refractivity contribution in [2.75, 3.05) is 0 Å². The van der Waals surface area contributed by atoms with Crippen LogP contribution in [-0.4, -0.2) is 19.9 Å². The normalized spacial score (nSPS) is 11.1. The molecule has 0 aliphatic heterocycles. The Hall–Kier alpha value is -2.99. The van der Waals surface area contributed by atoms with Gasteiger partial charge in [-0.15, -0.1) is 11.3 Å². The summed E-state index contributed by atoms with van der Waals surface area (Å²) in [6, 6.07) is 13.3. The molecule has 0 amide bonds. The summed E-state index contributed by atoms with van der Waals surface area (Å²) in [6.45, 7) is -0.0241.